The maximum atomic E-state index is 7.84. The molecule has 0 spiro atoms. The summed E-state index contributed by atoms with van der Waals surface area (Å²) in [5, 5.41) is 5.98. The van der Waals surface area contributed by atoms with E-state index in [1.807, 2.05) is 0 Å². The fraction of sp³-hybridized carbons (Fsp3) is 1.00. The highest BCUT2D eigenvalue weighted by molar-refractivity contribution is 6.21. The molecule has 0 heterocycles. The number of hydrogen-bond acceptors (Lipinski definition) is 2. The second-order valence-corrected chi connectivity index (χ2v) is 2.04. The van der Waals surface area contributed by atoms with E-state index in [1.165, 1.54) is 0 Å². The third kappa shape index (κ3) is 5.05. The van der Waals surface area contributed by atoms with Crippen LogP contribution in [0.3, 0.4) is 0 Å². The third-order valence-corrected chi connectivity index (χ3v) is 0.962. The van der Waals surface area contributed by atoms with E-state index in [1.54, 1.807) is 0 Å². The smallest absolute Gasteiger partial charge is 0.0448 e. The van der Waals surface area contributed by atoms with Gasteiger partial charge in [-0.1, -0.05) is 10.2 Å². The fourth-order valence-corrected chi connectivity index (χ4v) is 0.431. The van der Waals surface area contributed by atoms with E-state index >= 15 is 0 Å². The first kappa shape index (κ1) is 8.91. The topological polar surface area (TPSA) is 97.5 Å². The Morgan fingerprint density at radius 3 is 1.90 bits per heavy atom. The molecule has 10 heavy (non-hydrogen) atoms. The van der Waals surface area contributed by atoms with Crippen LogP contribution in [0.4, 0.5) is 0 Å². The molecule has 6 nitrogen and oxygen atoms in total. The van der Waals surface area contributed by atoms with E-state index in [4.69, 9.17) is 22.7 Å². The first-order valence-corrected chi connectivity index (χ1v) is 2.90. The van der Waals surface area contributed by atoms with Gasteiger partial charge in [0.25, 0.3) is 0 Å². The molecule has 0 aromatic heterocycles. The van der Waals surface area contributed by atoms with E-state index in [2.05, 4.69) is 20.1 Å². The van der Waals surface area contributed by atoms with Crippen LogP contribution in [0, 0.1) is 0 Å². The Morgan fingerprint density at radius 1 is 1.20 bits per heavy atom. The van der Waals surface area contributed by atoms with Gasteiger partial charge in [0.05, 0.1) is 0 Å². The van der Waals surface area contributed by atoms with Gasteiger partial charge in [-0.2, -0.15) is 0 Å². The van der Waals surface area contributed by atoms with Crippen molar-refractivity contribution in [1.29, 1.82) is 0 Å². The van der Waals surface area contributed by atoms with E-state index in [0.717, 1.165) is 0 Å². The number of hydrogen-bond donors (Lipinski definition) is 0. The SMILES string of the molecule is [N-]=[N+]=NCC(Cl)CN=[N+]=[N-]. The van der Waals surface area contributed by atoms with Crippen LogP contribution >= 0.6 is 11.6 Å². The molecule has 7 heteroatoms. The largest absolute Gasteiger partial charge is 0.123 e. The summed E-state index contributed by atoms with van der Waals surface area (Å²) < 4.78 is 0. The summed E-state index contributed by atoms with van der Waals surface area (Å²) in [6.45, 7) is 0.300. The third-order valence-electron chi connectivity index (χ3n) is 0.686. The van der Waals surface area contributed by atoms with Gasteiger partial charge in [0.15, 0.2) is 0 Å². The van der Waals surface area contributed by atoms with Crippen LogP contribution in [0.15, 0.2) is 10.2 Å². The second-order valence-electron chi connectivity index (χ2n) is 1.42. The van der Waals surface area contributed by atoms with Gasteiger partial charge < -0.3 is 0 Å². The van der Waals surface area contributed by atoms with Crippen molar-refractivity contribution in [3.63, 3.8) is 0 Å². The number of azide groups is 2. The second kappa shape index (κ2) is 6.04. The zero-order valence-corrected chi connectivity index (χ0v) is 5.81. The van der Waals surface area contributed by atoms with E-state index in [0.29, 0.717) is 0 Å². The van der Waals surface area contributed by atoms with Crippen molar-refractivity contribution in [2.75, 3.05) is 13.1 Å². The number of nitrogens with zero attached hydrogens (tertiary/aromatic N) is 6. The van der Waals surface area contributed by atoms with Crippen LogP contribution in [-0.4, -0.2) is 18.5 Å². The Bertz CT molecular complexity index is 157. The van der Waals surface area contributed by atoms with Gasteiger partial charge >= 0.3 is 0 Å². The van der Waals surface area contributed by atoms with Crippen LogP contribution in [0.5, 0.6) is 0 Å². The number of rotatable bonds is 4. The Morgan fingerprint density at radius 2 is 1.60 bits per heavy atom. The molecule has 0 atom stereocenters. The van der Waals surface area contributed by atoms with E-state index in [-0.39, 0.29) is 13.1 Å². The van der Waals surface area contributed by atoms with Crippen molar-refractivity contribution in [3.05, 3.63) is 20.9 Å². The first-order valence-electron chi connectivity index (χ1n) is 2.47. The monoisotopic (exact) mass is 160 g/mol. The van der Waals surface area contributed by atoms with E-state index < -0.39 is 5.38 Å². The molecule has 0 aromatic rings. The predicted molar refractivity (Wildman–Crippen MR) is 37.7 cm³/mol. The minimum Gasteiger partial charge on any atom is -0.123 e. The molecule has 0 aliphatic rings. The molecular weight excluding hydrogens is 156 g/mol. The van der Waals surface area contributed by atoms with Crippen LogP contribution in [0.1, 0.15) is 0 Å². The number of alkyl halides is 1. The van der Waals surface area contributed by atoms with Crippen LogP contribution in [0.2, 0.25) is 0 Å². The van der Waals surface area contributed by atoms with Crippen LogP contribution < -0.4 is 0 Å². The zero-order chi connectivity index (χ0) is 7.82. The van der Waals surface area contributed by atoms with Gasteiger partial charge in [-0.25, -0.2) is 0 Å². The molecule has 0 aliphatic carbocycles. The summed E-state index contributed by atoms with van der Waals surface area (Å²) in [5.41, 5.74) is 15.7. The van der Waals surface area contributed by atoms with Gasteiger partial charge in [0, 0.05) is 28.3 Å². The van der Waals surface area contributed by atoms with Gasteiger partial charge in [-0.05, 0) is 11.1 Å². The Balaban J connectivity index is 3.52. The quantitative estimate of drug-likeness (QED) is 0.261. The summed E-state index contributed by atoms with van der Waals surface area (Å²) in [5.74, 6) is 0. The van der Waals surface area contributed by atoms with Crippen LogP contribution in [-0.2, 0) is 0 Å². The average Bonchev–Trinajstić information content (AvgIpc) is 1.97. The van der Waals surface area contributed by atoms with Gasteiger partial charge in [0.2, 0.25) is 0 Å². The summed E-state index contributed by atoms with van der Waals surface area (Å²) in [4.78, 5) is 4.98. The molecule has 0 unspecified atom stereocenters. The molecule has 0 saturated heterocycles. The van der Waals surface area contributed by atoms with Crippen molar-refractivity contribution in [3.8, 4) is 0 Å². The lowest BCUT2D eigenvalue weighted by Crippen LogP contribution is -2.05. The van der Waals surface area contributed by atoms with Crippen molar-refractivity contribution in [1.82, 2.24) is 0 Å². The molecule has 0 saturated carbocycles. The lowest BCUT2D eigenvalue weighted by atomic mass is 10.4. The molecular formula is C3H5ClN6. The highest BCUT2D eigenvalue weighted by atomic mass is 35.5. The molecule has 0 amide bonds. The minimum absolute atomic E-state index is 0.150. The number of halogens is 1. The molecule has 54 valence electrons. The fourth-order valence-electron chi connectivity index (χ4n) is 0.308. The summed E-state index contributed by atoms with van der Waals surface area (Å²) in [6, 6.07) is 0. The molecule has 0 aliphatic heterocycles. The van der Waals surface area contributed by atoms with Gasteiger partial charge in [0.1, 0.15) is 0 Å². The first-order chi connectivity index (χ1) is 4.81. The molecule has 0 bridgehead atoms. The molecule has 0 radical (unpaired) electrons. The summed E-state index contributed by atoms with van der Waals surface area (Å²) >= 11 is 5.51. The summed E-state index contributed by atoms with van der Waals surface area (Å²) in [6.07, 6.45) is 0. The predicted octanol–water partition coefficient (Wildman–Crippen LogP) is 2.21. The van der Waals surface area contributed by atoms with Crippen molar-refractivity contribution in [2.24, 2.45) is 10.2 Å². The lowest BCUT2D eigenvalue weighted by Gasteiger charge is -1.96. The molecule has 0 fully saturated rings. The minimum atomic E-state index is -0.396. The highest BCUT2D eigenvalue weighted by Crippen LogP contribution is 1.96. The Labute approximate surface area is 62.0 Å². The molecule has 0 N–H and O–H groups in total. The maximum Gasteiger partial charge on any atom is 0.0448 e. The average molecular weight is 161 g/mol. The van der Waals surface area contributed by atoms with Gasteiger partial charge in [-0.15, -0.1) is 11.6 Å². The van der Waals surface area contributed by atoms with E-state index in [9.17, 15) is 0 Å². The summed E-state index contributed by atoms with van der Waals surface area (Å²) in [7, 11) is 0. The highest BCUT2D eigenvalue weighted by Gasteiger charge is 1.98. The van der Waals surface area contributed by atoms with Crippen LogP contribution in [0.25, 0.3) is 20.9 Å². The zero-order valence-electron chi connectivity index (χ0n) is 5.05. The maximum absolute atomic E-state index is 7.84. The van der Waals surface area contributed by atoms with Crippen molar-refractivity contribution in [2.45, 2.75) is 5.38 Å². The molecule has 0 rings (SSSR count). The normalized spacial score (nSPS) is 10.9. The van der Waals surface area contributed by atoms with Crippen molar-refractivity contribution >= 4 is 11.6 Å². The van der Waals surface area contributed by atoms with Gasteiger partial charge in [-0.3, -0.25) is 0 Å². The Hall–Kier alpha value is -1.09. The lowest BCUT2D eigenvalue weighted by molar-refractivity contribution is 0.842. The Kier molecular flexibility index (Phi) is 5.38. The molecule has 0 aromatic carbocycles. The standard InChI is InChI=1S/C3H5ClN6/c4-3(1-7-9-5)2-8-10-6/h3H,1-2H2. The van der Waals surface area contributed by atoms with Crippen molar-refractivity contribution < 1.29 is 0 Å².